The Morgan fingerprint density at radius 3 is 2.31 bits per heavy atom. The van der Waals surface area contributed by atoms with Crippen LogP contribution in [0.15, 0.2) is 0 Å². The Balaban J connectivity index is 4.77. The fraction of sp³-hybridized carbons (Fsp3) is 0.857. The third-order valence-electron chi connectivity index (χ3n) is 2.01. The molecule has 0 saturated carbocycles. The van der Waals surface area contributed by atoms with Crippen molar-refractivity contribution in [3.8, 4) is 0 Å². The van der Waals surface area contributed by atoms with Crippen molar-refractivity contribution in [1.82, 2.24) is 0 Å². The Morgan fingerprint density at radius 2 is 2.08 bits per heavy atom. The van der Waals surface area contributed by atoms with Gasteiger partial charge in [0.25, 0.3) is 5.54 Å². The number of aldehydes is 1. The van der Waals surface area contributed by atoms with Crippen LogP contribution in [0.3, 0.4) is 0 Å². The van der Waals surface area contributed by atoms with Crippen LogP contribution in [0.25, 0.3) is 0 Å². The van der Waals surface area contributed by atoms with E-state index in [0.717, 1.165) is 6.92 Å². The van der Waals surface area contributed by atoms with Gasteiger partial charge in [-0.15, -0.1) is 0 Å². The molecular formula is C7H13NO5. The Hall–Kier alpha value is -1.01. The van der Waals surface area contributed by atoms with Gasteiger partial charge in [0, 0.05) is 11.8 Å². The summed E-state index contributed by atoms with van der Waals surface area (Å²) in [6, 6.07) is 0. The number of rotatable bonds is 5. The lowest BCUT2D eigenvalue weighted by Crippen LogP contribution is -2.51. The van der Waals surface area contributed by atoms with E-state index < -0.39 is 29.1 Å². The first kappa shape index (κ1) is 12.0. The van der Waals surface area contributed by atoms with E-state index in [1.807, 2.05) is 0 Å². The fourth-order valence-electron chi connectivity index (χ4n) is 0.992. The van der Waals surface area contributed by atoms with E-state index in [1.54, 1.807) is 0 Å². The molecule has 0 aromatic carbocycles. The van der Waals surface area contributed by atoms with E-state index in [1.165, 1.54) is 6.92 Å². The van der Waals surface area contributed by atoms with Gasteiger partial charge in [-0.3, -0.25) is 10.1 Å². The van der Waals surface area contributed by atoms with Gasteiger partial charge in [-0.25, -0.2) is 0 Å². The normalized spacial score (nSPS) is 20.0. The molecule has 0 bridgehead atoms. The molecule has 0 amide bonds. The van der Waals surface area contributed by atoms with E-state index in [2.05, 4.69) is 0 Å². The molecule has 0 aliphatic carbocycles. The number of aliphatic hydroxyl groups excluding tert-OH is 2. The molecule has 0 rings (SSSR count). The van der Waals surface area contributed by atoms with Crippen LogP contribution in [0.4, 0.5) is 0 Å². The SMILES string of the molecule is C[C@H](O)[C@H](O)[C@](C)(CC=O)[N+](=O)[O-]. The molecule has 6 heteroatoms. The minimum Gasteiger partial charge on any atom is -0.390 e. The molecule has 0 aliphatic heterocycles. The summed E-state index contributed by atoms with van der Waals surface area (Å²) in [5.74, 6) is 0. The lowest BCUT2D eigenvalue weighted by atomic mass is 9.89. The van der Waals surface area contributed by atoms with Gasteiger partial charge in [0.05, 0.1) is 12.5 Å². The van der Waals surface area contributed by atoms with Crippen molar-refractivity contribution in [3.05, 3.63) is 10.1 Å². The summed E-state index contributed by atoms with van der Waals surface area (Å²) in [6.07, 6.45) is -2.86. The van der Waals surface area contributed by atoms with Gasteiger partial charge in [-0.2, -0.15) is 0 Å². The molecule has 0 saturated heterocycles. The summed E-state index contributed by atoms with van der Waals surface area (Å²) >= 11 is 0. The zero-order valence-corrected chi connectivity index (χ0v) is 7.51. The first-order valence-electron chi connectivity index (χ1n) is 3.80. The molecule has 0 aromatic rings. The van der Waals surface area contributed by atoms with Gasteiger partial charge in [0.15, 0.2) is 0 Å². The number of nitro groups is 1. The van der Waals surface area contributed by atoms with E-state index in [0.29, 0.717) is 6.29 Å². The summed E-state index contributed by atoms with van der Waals surface area (Å²) in [7, 11) is 0. The van der Waals surface area contributed by atoms with Gasteiger partial charge in [-0.05, 0) is 6.92 Å². The lowest BCUT2D eigenvalue weighted by molar-refractivity contribution is -0.579. The smallest absolute Gasteiger partial charge is 0.253 e. The molecular weight excluding hydrogens is 178 g/mol. The van der Waals surface area contributed by atoms with E-state index in [-0.39, 0.29) is 0 Å². The van der Waals surface area contributed by atoms with Crippen molar-refractivity contribution in [3.63, 3.8) is 0 Å². The second-order valence-corrected chi connectivity index (χ2v) is 3.17. The van der Waals surface area contributed by atoms with Crippen LogP contribution < -0.4 is 0 Å². The number of hydrogen-bond acceptors (Lipinski definition) is 5. The highest BCUT2D eigenvalue weighted by atomic mass is 16.6. The molecule has 3 atom stereocenters. The summed E-state index contributed by atoms with van der Waals surface area (Å²) < 4.78 is 0. The van der Waals surface area contributed by atoms with Crippen LogP contribution in [0.1, 0.15) is 20.3 Å². The average molecular weight is 191 g/mol. The zero-order valence-electron chi connectivity index (χ0n) is 7.51. The molecule has 76 valence electrons. The molecule has 13 heavy (non-hydrogen) atoms. The largest absolute Gasteiger partial charge is 0.390 e. The van der Waals surface area contributed by atoms with Gasteiger partial charge in [-0.1, -0.05) is 0 Å². The third kappa shape index (κ3) is 2.46. The molecule has 0 fully saturated rings. The second kappa shape index (κ2) is 4.29. The van der Waals surface area contributed by atoms with E-state index in [9.17, 15) is 20.0 Å². The summed E-state index contributed by atoms with van der Waals surface area (Å²) in [6.45, 7) is 2.36. The van der Waals surface area contributed by atoms with Gasteiger partial charge >= 0.3 is 0 Å². The molecule has 6 nitrogen and oxygen atoms in total. The second-order valence-electron chi connectivity index (χ2n) is 3.17. The Morgan fingerprint density at radius 1 is 1.62 bits per heavy atom. The number of hydrogen-bond donors (Lipinski definition) is 2. The van der Waals surface area contributed by atoms with E-state index in [4.69, 9.17) is 5.11 Å². The molecule has 0 aliphatic rings. The van der Waals surface area contributed by atoms with Crippen LogP contribution in [0.5, 0.6) is 0 Å². The minimum atomic E-state index is -1.81. The van der Waals surface area contributed by atoms with Gasteiger partial charge in [0.1, 0.15) is 12.4 Å². The van der Waals surface area contributed by atoms with Crippen molar-refractivity contribution in [1.29, 1.82) is 0 Å². The molecule has 0 radical (unpaired) electrons. The summed E-state index contributed by atoms with van der Waals surface area (Å²) in [5, 5.41) is 28.8. The van der Waals surface area contributed by atoms with Crippen LogP contribution in [-0.4, -0.2) is 39.2 Å². The number of nitrogens with zero attached hydrogens (tertiary/aromatic N) is 1. The van der Waals surface area contributed by atoms with Gasteiger partial charge < -0.3 is 15.0 Å². The highest BCUT2D eigenvalue weighted by Crippen LogP contribution is 2.20. The van der Waals surface area contributed by atoms with Crippen LogP contribution in [0.2, 0.25) is 0 Å². The van der Waals surface area contributed by atoms with Gasteiger partial charge in [0.2, 0.25) is 0 Å². The monoisotopic (exact) mass is 191 g/mol. The van der Waals surface area contributed by atoms with Crippen molar-refractivity contribution >= 4 is 6.29 Å². The molecule has 0 spiro atoms. The maximum Gasteiger partial charge on any atom is 0.253 e. The standard InChI is InChI=1S/C7H13NO5/c1-5(10)6(11)7(2,3-4-9)8(12)13/h4-6,10-11H,3H2,1-2H3/t5-,6-,7-/m0/s1. The van der Waals surface area contributed by atoms with Crippen LogP contribution in [0, 0.1) is 10.1 Å². The molecule has 0 unspecified atom stereocenters. The highest BCUT2D eigenvalue weighted by Gasteiger charge is 2.47. The first-order valence-corrected chi connectivity index (χ1v) is 3.80. The number of carbonyl (C=O) groups excluding carboxylic acids is 1. The van der Waals surface area contributed by atoms with Crippen LogP contribution >= 0.6 is 0 Å². The quantitative estimate of drug-likeness (QED) is 0.341. The van der Waals surface area contributed by atoms with E-state index >= 15 is 0 Å². The third-order valence-corrected chi connectivity index (χ3v) is 2.01. The van der Waals surface area contributed by atoms with Crippen LogP contribution in [-0.2, 0) is 4.79 Å². The summed E-state index contributed by atoms with van der Waals surface area (Å²) in [5.41, 5.74) is -1.81. The Kier molecular flexibility index (Phi) is 3.96. The van der Waals surface area contributed by atoms with Crippen molar-refractivity contribution in [2.75, 3.05) is 0 Å². The molecule has 0 aromatic heterocycles. The van der Waals surface area contributed by atoms with Crippen molar-refractivity contribution < 1.29 is 19.9 Å². The number of carbonyl (C=O) groups is 1. The minimum absolute atomic E-state index is 0.356. The molecule has 2 N–H and O–H groups in total. The first-order chi connectivity index (χ1) is 5.86. The molecule has 0 heterocycles. The van der Waals surface area contributed by atoms with Crippen molar-refractivity contribution in [2.24, 2.45) is 0 Å². The average Bonchev–Trinajstić information content (AvgIpc) is 2.02. The Labute approximate surface area is 75.3 Å². The number of aliphatic hydroxyl groups is 2. The predicted octanol–water partition coefficient (Wildman–Crippen LogP) is -0.648. The highest BCUT2D eigenvalue weighted by molar-refractivity contribution is 5.51. The topological polar surface area (TPSA) is 101 Å². The maximum absolute atomic E-state index is 10.5. The zero-order chi connectivity index (χ0) is 10.6. The summed E-state index contributed by atoms with van der Waals surface area (Å²) in [4.78, 5) is 19.9. The van der Waals surface area contributed by atoms with Crippen molar-refractivity contribution in [2.45, 2.75) is 38.0 Å². The fourth-order valence-corrected chi connectivity index (χ4v) is 0.992. The Bertz CT molecular complexity index is 205. The lowest BCUT2D eigenvalue weighted by Gasteiger charge is -2.26. The predicted molar refractivity (Wildman–Crippen MR) is 43.8 cm³/mol. The maximum atomic E-state index is 10.5.